The van der Waals surface area contributed by atoms with Crippen molar-refractivity contribution in [3.63, 3.8) is 0 Å². The molecule has 5 heteroatoms. The van der Waals surface area contributed by atoms with Gasteiger partial charge in [0.2, 0.25) is 5.95 Å². The Kier molecular flexibility index (Phi) is 6.66. The molecular weight excluding hydrogens is 723 g/mol. The molecule has 9 aromatic carbocycles. The topological polar surface area (TPSA) is 57.0 Å². The largest absolute Gasteiger partial charge is 0.455 e. The van der Waals surface area contributed by atoms with Gasteiger partial charge >= 0.3 is 0 Å². The Bertz CT molecular complexity index is 3850. The predicted molar refractivity (Wildman–Crippen MR) is 242 cm³/mol. The number of benzene rings is 9. The van der Waals surface area contributed by atoms with E-state index in [1.54, 1.807) is 0 Å². The lowest BCUT2D eigenvalue weighted by atomic mass is 9.97. The van der Waals surface area contributed by atoms with Crippen LogP contribution in [-0.4, -0.2) is 14.5 Å². The number of furan rings is 2. The van der Waals surface area contributed by atoms with Crippen molar-refractivity contribution in [1.29, 1.82) is 0 Å². The van der Waals surface area contributed by atoms with E-state index in [0.717, 1.165) is 115 Å². The zero-order chi connectivity index (χ0) is 38.6. The first-order chi connectivity index (χ1) is 29.2. The second-order valence-electron chi connectivity index (χ2n) is 15.3. The summed E-state index contributed by atoms with van der Waals surface area (Å²) in [6, 6.07) is 65.9. The van der Waals surface area contributed by atoms with Crippen LogP contribution in [0.25, 0.3) is 127 Å². The minimum Gasteiger partial charge on any atom is -0.455 e. The summed E-state index contributed by atoms with van der Waals surface area (Å²) in [5, 5.41) is 11.0. The summed E-state index contributed by atoms with van der Waals surface area (Å²) in [6.07, 6.45) is 0. The molecule has 0 aliphatic carbocycles. The highest BCUT2D eigenvalue weighted by Crippen LogP contribution is 2.47. The number of hydrogen-bond acceptors (Lipinski definition) is 4. The van der Waals surface area contributed by atoms with Gasteiger partial charge in [-0.05, 0) is 58.1 Å². The van der Waals surface area contributed by atoms with Gasteiger partial charge in [0, 0.05) is 49.0 Å². The Morgan fingerprint density at radius 2 is 1.00 bits per heavy atom. The molecule has 0 saturated carbocycles. The maximum Gasteiger partial charge on any atom is 0.235 e. The average Bonchev–Trinajstić information content (AvgIpc) is 3.99. The molecule has 0 bridgehead atoms. The van der Waals surface area contributed by atoms with Crippen molar-refractivity contribution in [2.45, 2.75) is 0 Å². The summed E-state index contributed by atoms with van der Waals surface area (Å²) >= 11 is 0. The van der Waals surface area contributed by atoms with Crippen LogP contribution in [0.4, 0.5) is 0 Å². The summed E-state index contributed by atoms with van der Waals surface area (Å²) in [5.74, 6) is 0.587. The van der Waals surface area contributed by atoms with Crippen molar-refractivity contribution < 1.29 is 8.83 Å². The molecule has 0 N–H and O–H groups in total. The quantitative estimate of drug-likeness (QED) is 0.180. The number of aromatic nitrogens is 3. The van der Waals surface area contributed by atoms with Gasteiger partial charge in [-0.2, -0.15) is 0 Å². The van der Waals surface area contributed by atoms with Gasteiger partial charge in [0.25, 0.3) is 0 Å². The van der Waals surface area contributed by atoms with E-state index in [1.807, 2.05) is 24.3 Å². The first kappa shape index (κ1) is 32.1. The molecule has 0 unspecified atom stereocenters. The van der Waals surface area contributed by atoms with Gasteiger partial charge < -0.3 is 8.83 Å². The predicted octanol–water partition coefficient (Wildman–Crippen LogP) is 14.7. The number of nitrogens with zero attached hydrogens (tertiary/aromatic N) is 3. The third-order valence-corrected chi connectivity index (χ3v) is 12.0. The fraction of sp³-hybridized carbons (Fsp3) is 0. The average molecular weight is 754 g/mol. The van der Waals surface area contributed by atoms with E-state index in [0.29, 0.717) is 5.95 Å². The molecular formula is C54H31N3O2. The monoisotopic (exact) mass is 753 g/mol. The number of hydrogen-bond donors (Lipinski definition) is 0. The molecule has 0 fully saturated rings. The SMILES string of the molecule is c1ccc(-c2cc(-c3ccc4ccccc4c3)nc(-n3c4ccc(-c5cccc6c5oc5ccccc56)cc4c4c5ccccc5c5oc6ccccc6c5c43)n2)cc1. The summed E-state index contributed by atoms with van der Waals surface area (Å²) in [6.45, 7) is 0. The lowest BCUT2D eigenvalue weighted by molar-refractivity contribution is 0.670. The van der Waals surface area contributed by atoms with Crippen LogP contribution in [0.15, 0.2) is 197 Å². The Labute approximate surface area is 337 Å². The molecule has 0 atom stereocenters. The summed E-state index contributed by atoms with van der Waals surface area (Å²) in [5.41, 5.74) is 11.3. The third kappa shape index (κ3) is 4.73. The maximum atomic E-state index is 6.79. The van der Waals surface area contributed by atoms with Crippen molar-refractivity contribution in [3.8, 4) is 39.6 Å². The molecule has 0 amide bonds. The van der Waals surface area contributed by atoms with Crippen LogP contribution in [0.5, 0.6) is 0 Å². The standard InChI is InChI=1S/C54H31N3O2/c1-2-14-33(15-3-1)44-31-45(36-26-25-32-13-4-5-16-34(32)29-36)56-54(55-44)57-46-28-27-35(37-21-12-22-40-38-17-8-10-23-47(38)58-52(37)40)30-43(46)49-39-18-6-7-19-41(39)53-50(51(49)57)42-20-9-11-24-48(42)59-53/h1-31H. The second kappa shape index (κ2) is 12.2. The van der Waals surface area contributed by atoms with Crippen LogP contribution < -0.4 is 0 Å². The van der Waals surface area contributed by atoms with E-state index in [4.69, 9.17) is 18.8 Å². The zero-order valence-electron chi connectivity index (χ0n) is 31.6. The molecule has 5 nitrogen and oxygen atoms in total. The molecule has 59 heavy (non-hydrogen) atoms. The summed E-state index contributed by atoms with van der Waals surface area (Å²) in [4.78, 5) is 10.9. The van der Waals surface area contributed by atoms with Crippen LogP contribution in [0, 0.1) is 0 Å². The highest BCUT2D eigenvalue weighted by Gasteiger charge is 2.25. The minimum absolute atomic E-state index is 0.587. The first-order valence-electron chi connectivity index (χ1n) is 19.9. The van der Waals surface area contributed by atoms with Crippen LogP contribution in [0.1, 0.15) is 0 Å². The Hall–Kier alpha value is -8.02. The van der Waals surface area contributed by atoms with E-state index in [1.165, 1.54) is 5.39 Å². The van der Waals surface area contributed by atoms with Crippen LogP contribution in [-0.2, 0) is 0 Å². The molecule has 4 aromatic heterocycles. The minimum atomic E-state index is 0.587. The fourth-order valence-corrected chi connectivity index (χ4v) is 9.31. The third-order valence-electron chi connectivity index (χ3n) is 12.0. The van der Waals surface area contributed by atoms with E-state index >= 15 is 0 Å². The lowest BCUT2D eigenvalue weighted by Crippen LogP contribution is -2.04. The van der Waals surface area contributed by atoms with Gasteiger partial charge in [0.1, 0.15) is 22.3 Å². The van der Waals surface area contributed by atoms with E-state index < -0.39 is 0 Å². The molecule has 274 valence electrons. The van der Waals surface area contributed by atoms with Crippen molar-refractivity contribution in [3.05, 3.63) is 188 Å². The lowest BCUT2D eigenvalue weighted by Gasteiger charge is -2.13. The zero-order valence-corrected chi connectivity index (χ0v) is 31.6. The smallest absolute Gasteiger partial charge is 0.235 e. The van der Waals surface area contributed by atoms with Gasteiger partial charge in [0.05, 0.1) is 27.8 Å². The molecule has 0 spiro atoms. The Morgan fingerprint density at radius 1 is 0.373 bits per heavy atom. The summed E-state index contributed by atoms with van der Waals surface area (Å²) < 4.78 is 15.6. The highest BCUT2D eigenvalue weighted by atomic mass is 16.3. The molecule has 0 aliphatic heterocycles. The Balaban J connectivity index is 1.18. The van der Waals surface area contributed by atoms with Crippen molar-refractivity contribution in [1.82, 2.24) is 14.5 Å². The van der Waals surface area contributed by atoms with Gasteiger partial charge in [-0.25, -0.2) is 9.97 Å². The van der Waals surface area contributed by atoms with E-state index in [-0.39, 0.29) is 0 Å². The molecule has 13 rings (SSSR count). The molecule has 13 aromatic rings. The molecule has 0 aliphatic rings. The number of fused-ring (bicyclic) bond motifs is 14. The highest BCUT2D eigenvalue weighted by molar-refractivity contribution is 6.35. The first-order valence-corrected chi connectivity index (χ1v) is 19.9. The second-order valence-corrected chi connectivity index (χ2v) is 15.3. The number of para-hydroxylation sites is 3. The van der Waals surface area contributed by atoms with Gasteiger partial charge in [-0.1, -0.05) is 152 Å². The normalized spacial score (nSPS) is 12.1. The van der Waals surface area contributed by atoms with Crippen molar-refractivity contribution >= 4 is 87.2 Å². The molecule has 0 radical (unpaired) electrons. The van der Waals surface area contributed by atoms with Crippen molar-refractivity contribution in [2.24, 2.45) is 0 Å². The van der Waals surface area contributed by atoms with Crippen LogP contribution >= 0.6 is 0 Å². The maximum absolute atomic E-state index is 6.79. The summed E-state index contributed by atoms with van der Waals surface area (Å²) in [7, 11) is 0. The van der Waals surface area contributed by atoms with Crippen molar-refractivity contribution in [2.75, 3.05) is 0 Å². The van der Waals surface area contributed by atoms with Crippen LogP contribution in [0.3, 0.4) is 0 Å². The van der Waals surface area contributed by atoms with E-state index in [2.05, 4.69) is 168 Å². The molecule has 4 heterocycles. The fourth-order valence-electron chi connectivity index (χ4n) is 9.31. The van der Waals surface area contributed by atoms with Gasteiger partial charge in [0.15, 0.2) is 0 Å². The van der Waals surface area contributed by atoms with E-state index in [9.17, 15) is 0 Å². The molecule has 0 saturated heterocycles. The van der Waals surface area contributed by atoms with Gasteiger partial charge in [-0.15, -0.1) is 0 Å². The van der Waals surface area contributed by atoms with Gasteiger partial charge in [-0.3, -0.25) is 4.57 Å². The van der Waals surface area contributed by atoms with Crippen LogP contribution in [0.2, 0.25) is 0 Å². The Morgan fingerprint density at radius 3 is 1.85 bits per heavy atom. The number of rotatable bonds is 4.